The minimum atomic E-state index is 1.05. The second-order valence-corrected chi connectivity index (χ2v) is 2.32. The van der Waals surface area contributed by atoms with Crippen LogP contribution in [0.5, 0.6) is 0 Å². The lowest BCUT2D eigenvalue weighted by Gasteiger charge is -2.01. The number of rotatable bonds is 2. The van der Waals surface area contributed by atoms with Crippen LogP contribution < -0.4 is 0 Å². The summed E-state index contributed by atoms with van der Waals surface area (Å²) in [6.07, 6.45) is 4.00. The van der Waals surface area contributed by atoms with Gasteiger partial charge < -0.3 is 0 Å². The molecule has 1 aromatic rings. The van der Waals surface area contributed by atoms with Crippen molar-refractivity contribution in [1.29, 1.82) is 0 Å². The second-order valence-electron chi connectivity index (χ2n) is 2.32. The number of nitrogens with zero attached hydrogens (tertiary/aromatic N) is 1. The van der Waals surface area contributed by atoms with Crippen molar-refractivity contribution in [3.63, 3.8) is 0 Å². The van der Waals surface area contributed by atoms with E-state index in [0.717, 1.165) is 12.8 Å². The summed E-state index contributed by atoms with van der Waals surface area (Å²) in [5.41, 5.74) is 2.62. The number of hydrogen-bond acceptors (Lipinski definition) is 1. The quantitative estimate of drug-likeness (QED) is 0.638. The lowest BCUT2D eigenvalue weighted by molar-refractivity contribution is 0.964. The molecule has 1 heteroatoms. The van der Waals surface area contributed by atoms with Crippen molar-refractivity contribution in [1.82, 2.24) is 4.98 Å². The molecule has 16 heavy (non-hydrogen) atoms. The highest BCUT2D eigenvalue weighted by Gasteiger charge is 1.95. The fraction of sp³-hybridized carbons (Fsp3) is 0.533. The van der Waals surface area contributed by atoms with Gasteiger partial charge in [-0.1, -0.05) is 47.6 Å². The van der Waals surface area contributed by atoms with Crippen LogP contribution in [0.25, 0.3) is 0 Å². The topological polar surface area (TPSA) is 12.9 Å². The van der Waals surface area contributed by atoms with Crippen molar-refractivity contribution >= 4 is 0 Å². The summed E-state index contributed by atoms with van der Waals surface area (Å²) in [4.78, 5) is 4.27. The van der Waals surface area contributed by atoms with Crippen LogP contribution in [0.1, 0.15) is 52.8 Å². The molecular weight excluding hydrogens is 194 g/mol. The summed E-state index contributed by atoms with van der Waals surface area (Å²) in [5.74, 6) is 0. The zero-order valence-electron chi connectivity index (χ0n) is 12.0. The Balaban J connectivity index is -0.000000245. The van der Waals surface area contributed by atoms with E-state index in [4.69, 9.17) is 0 Å². The first kappa shape index (κ1) is 20.3. The molecule has 0 N–H and O–H groups in total. The molecule has 1 nitrogen and oxygen atoms in total. The summed E-state index contributed by atoms with van der Waals surface area (Å²) < 4.78 is 0. The Morgan fingerprint density at radius 1 is 1.00 bits per heavy atom. The molecule has 0 spiro atoms. The Morgan fingerprint density at radius 2 is 1.50 bits per heavy atom. The zero-order valence-corrected chi connectivity index (χ0v) is 12.0. The number of hydrogen-bond donors (Lipinski definition) is 0. The van der Waals surface area contributed by atoms with Crippen molar-refractivity contribution in [2.24, 2.45) is 0 Å². The molecule has 0 saturated heterocycles. The molecule has 0 unspecified atom stereocenters. The highest BCUT2D eigenvalue weighted by molar-refractivity contribution is 5.19. The Kier molecular flexibility index (Phi) is 24.7. The third-order valence-corrected chi connectivity index (χ3v) is 1.70. The summed E-state index contributed by atoms with van der Waals surface area (Å²) in [7, 11) is 0. The van der Waals surface area contributed by atoms with Crippen LogP contribution in [0.3, 0.4) is 0 Å². The molecule has 0 fully saturated rings. The molecule has 0 amide bonds. The van der Waals surface area contributed by atoms with Gasteiger partial charge in [0, 0.05) is 11.9 Å². The van der Waals surface area contributed by atoms with E-state index in [1.807, 2.05) is 40.0 Å². The van der Waals surface area contributed by atoms with Crippen LogP contribution in [-0.2, 0) is 12.8 Å². The maximum atomic E-state index is 4.27. The Labute approximate surface area is 103 Å². The number of pyridine rings is 1. The maximum absolute atomic E-state index is 4.27. The average Bonchev–Trinajstić information content (AvgIpc) is 2.45. The molecule has 0 radical (unpaired) electrons. The van der Waals surface area contributed by atoms with Crippen LogP contribution in [0.4, 0.5) is 0 Å². The SMILES string of the molecule is C=C.CC.CC.CCc1cccnc1CC. The van der Waals surface area contributed by atoms with E-state index < -0.39 is 0 Å². The number of aryl methyl sites for hydroxylation is 2. The molecule has 0 aromatic carbocycles. The third kappa shape index (κ3) is 9.45. The van der Waals surface area contributed by atoms with Gasteiger partial charge in [-0.05, 0) is 24.5 Å². The minimum Gasteiger partial charge on any atom is -0.261 e. The van der Waals surface area contributed by atoms with Crippen LogP contribution in [-0.4, -0.2) is 4.98 Å². The molecule has 0 bridgehead atoms. The van der Waals surface area contributed by atoms with E-state index in [0.29, 0.717) is 0 Å². The van der Waals surface area contributed by atoms with Crippen LogP contribution in [0, 0.1) is 0 Å². The summed E-state index contributed by atoms with van der Waals surface area (Å²) in [5, 5.41) is 0. The van der Waals surface area contributed by atoms with Crippen LogP contribution in [0.2, 0.25) is 0 Å². The van der Waals surface area contributed by atoms with E-state index in [2.05, 4.69) is 38.1 Å². The van der Waals surface area contributed by atoms with Gasteiger partial charge in [0.05, 0.1) is 0 Å². The third-order valence-electron chi connectivity index (χ3n) is 1.70. The Hall–Kier alpha value is -1.11. The van der Waals surface area contributed by atoms with E-state index in [1.54, 1.807) is 0 Å². The molecule has 0 aliphatic rings. The first-order chi connectivity index (χ1) is 7.88. The largest absolute Gasteiger partial charge is 0.261 e. The average molecular weight is 223 g/mol. The monoisotopic (exact) mass is 223 g/mol. The van der Waals surface area contributed by atoms with E-state index in [-0.39, 0.29) is 0 Å². The standard InChI is InChI=1S/C9H13N.2C2H6.C2H4/c1-3-8-6-5-7-10-9(8)4-2;3*1-2/h5-7H,3-4H2,1-2H3;2*1-2H3;1-2H2. The van der Waals surface area contributed by atoms with Gasteiger partial charge in [0.25, 0.3) is 0 Å². The fourth-order valence-corrected chi connectivity index (χ4v) is 1.11. The maximum Gasteiger partial charge on any atom is 0.0432 e. The van der Waals surface area contributed by atoms with Crippen molar-refractivity contribution in [3.05, 3.63) is 42.7 Å². The lowest BCUT2D eigenvalue weighted by atomic mass is 10.1. The van der Waals surface area contributed by atoms with Gasteiger partial charge in [-0.2, -0.15) is 0 Å². The molecule has 0 saturated carbocycles. The second kappa shape index (κ2) is 19.5. The summed E-state index contributed by atoms with van der Waals surface area (Å²) in [6.45, 7) is 18.3. The fourth-order valence-electron chi connectivity index (χ4n) is 1.11. The van der Waals surface area contributed by atoms with E-state index >= 15 is 0 Å². The van der Waals surface area contributed by atoms with Gasteiger partial charge >= 0.3 is 0 Å². The summed E-state index contributed by atoms with van der Waals surface area (Å²) >= 11 is 0. The molecular formula is C15H29N. The van der Waals surface area contributed by atoms with Gasteiger partial charge in [0.2, 0.25) is 0 Å². The smallest absolute Gasteiger partial charge is 0.0432 e. The van der Waals surface area contributed by atoms with Crippen molar-refractivity contribution in [2.75, 3.05) is 0 Å². The minimum absolute atomic E-state index is 1.05. The predicted molar refractivity (Wildman–Crippen MR) is 76.9 cm³/mol. The van der Waals surface area contributed by atoms with Crippen molar-refractivity contribution < 1.29 is 0 Å². The van der Waals surface area contributed by atoms with E-state index in [9.17, 15) is 0 Å². The van der Waals surface area contributed by atoms with Crippen molar-refractivity contribution in [2.45, 2.75) is 54.4 Å². The Bertz CT molecular complexity index is 195. The van der Waals surface area contributed by atoms with E-state index in [1.165, 1.54) is 11.3 Å². The first-order valence-electron chi connectivity index (χ1n) is 6.31. The molecule has 1 aromatic heterocycles. The van der Waals surface area contributed by atoms with Crippen LogP contribution >= 0.6 is 0 Å². The normalized spacial score (nSPS) is 7.12. The van der Waals surface area contributed by atoms with Gasteiger partial charge in [-0.3, -0.25) is 4.98 Å². The van der Waals surface area contributed by atoms with Gasteiger partial charge in [-0.15, -0.1) is 13.2 Å². The predicted octanol–water partition coefficient (Wildman–Crippen LogP) is 5.06. The molecule has 1 rings (SSSR count). The molecule has 0 aliphatic carbocycles. The molecule has 0 aliphatic heterocycles. The first-order valence-corrected chi connectivity index (χ1v) is 6.31. The van der Waals surface area contributed by atoms with Crippen LogP contribution in [0.15, 0.2) is 31.5 Å². The highest BCUT2D eigenvalue weighted by Crippen LogP contribution is 2.05. The lowest BCUT2D eigenvalue weighted by Crippen LogP contribution is -1.92. The zero-order chi connectivity index (χ0) is 13.4. The Morgan fingerprint density at radius 3 is 1.81 bits per heavy atom. The van der Waals surface area contributed by atoms with Crippen molar-refractivity contribution in [3.8, 4) is 0 Å². The number of aromatic nitrogens is 1. The molecule has 1 heterocycles. The van der Waals surface area contributed by atoms with Gasteiger partial charge in [0.1, 0.15) is 0 Å². The van der Waals surface area contributed by atoms with Gasteiger partial charge in [0.15, 0.2) is 0 Å². The molecule has 94 valence electrons. The highest BCUT2D eigenvalue weighted by atomic mass is 14.7. The summed E-state index contributed by atoms with van der Waals surface area (Å²) in [6, 6.07) is 4.14. The van der Waals surface area contributed by atoms with Gasteiger partial charge in [-0.25, -0.2) is 0 Å². The molecule has 0 atom stereocenters.